The summed E-state index contributed by atoms with van der Waals surface area (Å²) in [6.45, 7) is 0.270. The van der Waals surface area contributed by atoms with Gasteiger partial charge in [-0.3, -0.25) is 0 Å². The fourth-order valence-electron chi connectivity index (χ4n) is 1.21. The van der Waals surface area contributed by atoms with Crippen LogP contribution in [0.25, 0.3) is 0 Å². The zero-order chi connectivity index (χ0) is 10.7. The highest BCUT2D eigenvalue weighted by atomic mass is 35.5. The molecule has 0 saturated heterocycles. The Hall–Kier alpha value is -0.420. The fraction of sp³-hybridized carbons (Fsp3) is 0.333. The summed E-state index contributed by atoms with van der Waals surface area (Å²) in [5, 5.41) is -0.131. The van der Waals surface area contributed by atoms with Crippen LogP contribution < -0.4 is 11.5 Å². The topological polar surface area (TPSA) is 52.0 Å². The molecule has 0 bridgehead atoms. The van der Waals surface area contributed by atoms with E-state index in [0.29, 0.717) is 6.42 Å². The van der Waals surface area contributed by atoms with Crippen molar-refractivity contribution in [1.82, 2.24) is 0 Å². The van der Waals surface area contributed by atoms with Crippen LogP contribution in [-0.2, 0) is 0 Å². The normalized spacial score (nSPS) is 12.1. The fourth-order valence-corrected chi connectivity index (χ4v) is 1.37. The molecule has 0 aliphatic rings. The average Bonchev–Trinajstić information content (AvgIpc) is 2.13. The first-order valence-corrected chi connectivity index (χ1v) is 4.54. The summed E-state index contributed by atoms with van der Waals surface area (Å²) in [6, 6.07) is 1.50. The maximum Gasteiger partial charge on any atom is 0.149 e. The highest BCUT2D eigenvalue weighted by Gasteiger charge is 2.18. The van der Waals surface area contributed by atoms with Crippen LogP contribution in [0.4, 0.5) is 8.78 Å². The standard InChI is InChI=1S/C9H11ClF2N2.ClH/c10-5-1-2-6(11)8(9(5)12)7(14)3-4-13;/h1-2,7H,3-4,13-14H2;1H/t7-;/m0./s1. The Balaban J connectivity index is 0.00000196. The van der Waals surface area contributed by atoms with Crippen molar-refractivity contribution in [1.29, 1.82) is 0 Å². The van der Waals surface area contributed by atoms with Gasteiger partial charge in [0.15, 0.2) is 0 Å². The molecule has 6 heteroatoms. The SMILES string of the molecule is Cl.NCC[C@H](N)c1c(F)ccc(Cl)c1F. The monoisotopic (exact) mass is 256 g/mol. The second kappa shape index (κ2) is 6.23. The first-order chi connectivity index (χ1) is 6.57. The molecule has 0 radical (unpaired) electrons. The molecule has 0 amide bonds. The van der Waals surface area contributed by atoms with Crippen LogP contribution in [-0.4, -0.2) is 6.54 Å². The van der Waals surface area contributed by atoms with Crippen LogP contribution >= 0.6 is 24.0 Å². The van der Waals surface area contributed by atoms with Crippen molar-refractivity contribution >= 4 is 24.0 Å². The van der Waals surface area contributed by atoms with Crippen molar-refractivity contribution in [2.75, 3.05) is 6.54 Å². The van der Waals surface area contributed by atoms with Crippen LogP contribution in [0.5, 0.6) is 0 Å². The van der Waals surface area contributed by atoms with Gasteiger partial charge in [0.25, 0.3) is 0 Å². The van der Waals surface area contributed by atoms with E-state index in [4.69, 9.17) is 23.1 Å². The molecule has 0 unspecified atom stereocenters. The highest BCUT2D eigenvalue weighted by molar-refractivity contribution is 6.30. The van der Waals surface area contributed by atoms with Gasteiger partial charge in [-0.25, -0.2) is 8.78 Å². The number of hydrogen-bond acceptors (Lipinski definition) is 2. The van der Waals surface area contributed by atoms with Crippen LogP contribution in [0.15, 0.2) is 12.1 Å². The Morgan fingerprint density at radius 2 is 1.93 bits per heavy atom. The first-order valence-electron chi connectivity index (χ1n) is 4.17. The third kappa shape index (κ3) is 3.28. The third-order valence-electron chi connectivity index (χ3n) is 1.93. The molecule has 15 heavy (non-hydrogen) atoms. The molecule has 86 valence electrons. The lowest BCUT2D eigenvalue weighted by Gasteiger charge is -2.13. The van der Waals surface area contributed by atoms with Crippen molar-refractivity contribution in [3.8, 4) is 0 Å². The Labute approximate surface area is 98.0 Å². The Morgan fingerprint density at radius 3 is 2.47 bits per heavy atom. The van der Waals surface area contributed by atoms with E-state index >= 15 is 0 Å². The van der Waals surface area contributed by atoms with Crippen molar-refractivity contribution in [2.45, 2.75) is 12.5 Å². The van der Waals surface area contributed by atoms with Crippen molar-refractivity contribution in [2.24, 2.45) is 11.5 Å². The predicted molar refractivity (Wildman–Crippen MR) is 59.2 cm³/mol. The molecule has 1 atom stereocenters. The van der Waals surface area contributed by atoms with Crippen LogP contribution in [0.3, 0.4) is 0 Å². The van der Waals surface area contributed by atoms with Crippen molar-refractivity contribution in [3.63, 3.8) is 0 Å². The molecular weight excluding hydrogens is 245 g/mol. The van der Waals surface area contributed by atoms with E-state index in [1.54, 1.807) is 0 Å². The van der Waals surface area contributed by atoms with E-state index in [2.05, 4.69) is 0 Å². The highest BCUT2D eigenvalue weighted by Crippen LogP contribution is 2.26. The molecule has 0 fully saturated rings. The Bertz CT molecular complexity index is 334. The zero-order valence-electron chi connectivity index (χ0n) is 7.84. The summed E-state index contributed by atoms with van der Waals surface area (Å²) in [5.74, 6) is -1.49. The smallest absolute Gasteiger partial charge is 0.149 e. The van der Waals surface area contributed by atoms with E-state index in [9.17, 15) is 8.78 Å². The summed E-state index contributed by atoms with van der Waals surface area (Å²) in [6.07, 6.45) is 0.314. The van der Waals surface area contributed by atoms with E-state index in [1.165, 1.54) is 0 Å². The van der Waals surface area contributed by atoms with E-state index in [-0.39, 0.29) is 29.5 Å². The van der Waals surface area contributed by atoms with Crippen LogP contribution in [0.2, 0.25) is 5.02 Å². The maximum atomic E-state index is 13.3. The van der Waals surface area contributed by atoms with Gasteiger partial charge in [0.1, 0.15) is 11.6 Å². The van der Waals surface area contributed by atoms with Crippen LogP contribution in [0.1, 0.15) is 18.0 Å². The van der Waals surface area contributed by atoms with Gasteiger partial charge in [0.2, 0.25) is 0 Å². The van der Waals surface area contributed by atoms with Gasteiger partial charge in [0, 0.05) is 11.6 Å². The Morgan fingerprint density at radius 1 is 1.33 bits per heavy atom. The maximum absolute atomic E-state index is 13.3. The molecular formula is C9H12Cl2F2N2. The molecule has 1 aromatic rings. The van der Waals surface area contributed by atoms with Gasteiger partial charge in [0.05, 0.1) is 5.02 Å². The lowest BCUT2D eigenvalue weighted by Crippen LogP contribution is -2.18. The first kappa shape index (κ1) is 14.6. The second-order valence-corrected chi connectivity index (χ2v) is 3.35. The number of benzene rings is 1. The van der Waals surface area contributed by atoms with Crippen LogP contribution in [0, 0.1) is 11.6 Å². The molecule has 1 aromatic carbocycles. The number of halogens is 4. The predicted octanol–water partition coefficient (Wildman–Crippen LogP) is 2.39. The molecule has 0 spiro atoms. The largest absolute Gasteiger partial charge is 0.330 e. The van der Waals surface area contributed by atoms with Gasteiger partial charge in [-0.15, -0.1) is 12.4 Å². The van der Waals surface area contributed by atoms with Gasteiger partial charge in [-0.05, 0) is 25.1 Å². The molecule has 1 rings (SSSR count). The average molecular weight is 257 g/mol. The van der Waals surface area contributed by atoms with Crippen molar-refractivity contribution in [3.05, 3.63) is 34.4 Å². The molecule has 4 N–H and O–H groups in total. The minimum absolute atomic E-state index is 0. The number of nitrogens with two attached hydrogens (primary N) is 2. The van der Waals surface area contributed by atoms with Gasteiger partial charge in [-0.1, -0.05) is 11.6 Å². The van der Waals surface area contributed by atoms with E-state index < -0.39 is 17.7 Å². The lowest BCUT2D eigenvalue weighted by atomic mass is 10.0. The molecule has 2 nitrogen and oxygen atoms in total. The summed E-state index contributed by atoms with van der Waals surface area (Å²) >= 11 is 5.50. The summed E-state index contributed by atoms with van der Waals surface area (Å²) < 4.78 is 26.5. The quantitative estimate of drug-likeness (QED) is 0.817. The number of rotatable bonds is 3. The second-order valence-electron chi connectivity index (χ2n) is 2.94. The number of hydrogen-bond donors (Lipinski definition) is 2. The Kier molecular flexibility index (Phi) is 6.05. The molecule has 0 saturated carbocycles. The molecule has 0 aliphatic heterocycles. The van der Waals surface area contributed by atoms with E-state index in [1.807, 2.05) is 0 Å². The molecule has 0 aliphatic carbocycles. The third-order valence-corrected chi connectivity index (χ3v) is 2.22. The molecule has 0 aromatic heterocycles. The summed E-state index contributed by atoms with van der Waals surface area (Å²) in [4.78, 5) is 0. The molecule has 0 heterocycles. The van der Waals surface area contributed by atoms with Gasteiger partial charge in [-0.2, -0.15) is 0 Å². The summed E-state index contributed by atoms with van der Waals surface area (Å²) in [5.41, 5.74) is 10.6. The lowest BCUT2D eigenvalue weighted by molar-refractivity contribution is 0.515. The minimum Gasteiger partial charge on any atom is -0.330 e. The van der Waals surface area contributed by atoms with Gasteiger partial charge < -0.3 is 11.5 Å². The summed E-state index contributed by atoms with van der Waals surface area (Å²) in [7, 11) is 0. The zero-order valence-corrected chi connectivity index (χ0v) is 9.42. The van der Waals surface area contributed by atoms with Gasteiger partial charge >= 0.3 is 0 Å². The van der Waals surface area contributed by atoms with Crippen molar-refractivity contribution < 1.29 is 8.78 Å². The van der Waals surface area contributed by atoms with E-state index in [0.717, 1.165) is 12.1 Å². The minimum atomic E-state index is -0.799.